The van der Waals surface area contributed by atoms with Gasteiger partial charge in [0.25, 0.3) is 0 Å². The monoisotopic (exact) mass is 343 g/mol. The lowest BCUT2D eigenvalue weighted by molar-refractivity contribution is 0.184. The fourth-order valence-corrected chi connectivity index (χ4v) is 5.81. The normalized spacial score (nSPS) is 31.8. The van der Waals surface area contributed by atoms with E-state index in [-0.39, 0.29) is 0 Å². The molecule has 3 heterocycles. The maximum atomic E-state index is 5.28. The number of fused-ring (bicyclic) bond motifs is 8. The maximum absolute atomic E-state index is 5.28. The number of amidine groups is 1. The summed E-state index contributed by atoms with van der Waals surface area (Å²) in [5.74, 6) is 1.84. The molecule has 0 bridgehead atoms. The molecule has 4 atom stereocenters. The van der Waals surface area contributed by atoms with Gasteiger partial charge < -0.3 is 9.80 Å². The van der Waals surface area contributed by atoms with Crippen LogP contribution in [0.25, 0.3) is 0 Å². The Hall–Kier alpha value is -2.29. The van der Waals surface area contributed by atoms with Gasteiger partial charge in [0, 0.05) is 23.7 Å². The lowest BCUT2D eigenvalue weighted by atomic mass is 9.87. The highest BCUT2D eigenvalue weighted by molar-refractivity contribution is 6.07. The van der Waals surface area contributed by atoms with E-state index in [0.29, 0.717) is 24.2 Å². The fraction of sp³-hybridized carbons (Fsp3) is 0.435. The first kappa shape index (κ1) is 14.8. The summed E-state index contributed by atoms with van der Waals surface area (Å²) in [6, 6.07) is 21.2. The van der Waals surface area contributed by atoms with Crippen molar-refractivity contribution in [1.82, 2.24) is 4.90 Å². The largest absolute Gasteiger partial charge is 0.350 e. The first-order valence-electron chi connectivity index (χ1n) is 10.2. The predicted octanol–water partition coefficient (Wildman–Crippen LogP) is 4.39. The molecular weight excluding hydrogens is 318 g/mol. The van der Waals surface area contributed by atoms with Crippen molar-refractivity contribution in [3.8, 4) is 0 Å². The van der Waals surface area contributed by atoms with Gasteiger partial charge in [-0.15, -0.1) is 0 Å². The number of hydrogen-bond acceptors (Lipinski definition) is 3. The molecule has 2 aromatic carbocycles. The summed E-state index contributed by atoms with van der Waals surface area (Å²) in [4.78, 5) is 10.7. The van der Waals surface area contributed by atoms with Gasteiger partial charge in [0.05, 0.1) is 12.1 Å². The number of anilines is 1. The highest BCUT2D eigenvalue weighted by Gasteiger charge is 2.51. The number of nitrogens with zero attached hydrogens (tertiary/aromatic N) is 3. The van der Waals surface area contributed by atoms with E-state index in [1.165, 1.54) is 54.8 Å². The van der Waals surface area contributed by atoms with E-state index in [4.69, 9.17) is 4.99 Å². The van der Waals surface area contributed by atoms with E-state index in [0.717, 1.165) is 6.54 Å². The van der Waals surface area contributed by atoms with E-state index in [1.54, 1.807) is 0 Å². The summed E-state index contributed by atoms with van der Waals surface area (Å²) in [6.07, 6.45) is 6.90. The molecule has 0 N–H and O–H groups in total. The SMILES string of the molecule is c1ccc(C2CCN3c4ccccc4C4=NC5CCCCC5N4C23)cc1. The first-order chi connectivity index (χ1) is 12.9. The standard InChI is InChI=1S/C23H25N3/c1-2-8-16(9-3-1)17-14-15-25-20-12-6-4-10-18(20)22-24-19-11-5-7-13-21(19)26(22)23(17)25/h1-4,6,8-10,12,17,19,21,23H,5,7,11,13-15H2. The molecular formula is C23H25N3. The second kappa shape index (κ2) is 5.60. The average molecular weight is 343 g/mol. The summed E-state index contributed by atoms with van der Waals surface area (Å²) in [5.41, 5.74) is 4.23. The third kappa shape index (κ3) is 1.97. The van der Waals surface area contributed by atoms with Crippen LogP contribution in [0, 0.1) is 0 Å². The molecule has 26 heavy (non-hydrogen) atoms. The van der Waals surface area contributed by atoms with Crippen LogP contribution in [0.4, 0.5) is 5.69 Å². The minimum absolute atomic E-state index is 0.430. The number of aliphatic imine (C=N–C) groups is 1. The van der Waals surface area contributed by atoms with Crippen molar-refractivity contribution < 1.29 is 0 Å². The second-order valence-electron chi connectivity index (χ2n) is 8.21. The molecule has 0 radical (unpaired) electrons. The molecule has 3 heteroatoms. The molecule has 0 aromatic heterocycles. The van der Waals surface area contributed by atoms with Crippen molar-refractivity contribution in [3.05, 3.63) is 65.7 Å². The van der Waals surface area contributed by atoms with Gasteiger partial charge in [-0.1, -0.05) is 55.3 Å². The number of para-hydroxylation sites is 1. The van der Waals surface area contributed by atoms with Gasteiger partial charge in [0.1, 0.15) is 12.0 Å². The van der Waals surface area contributed by atoms with Gasteiger partial charge in [-0.3, -0.25) is 4.99 Å². The van der Waals surface area contributed by atoms with E-state index >= 15 is 0 Å². The number of benzene rings is 2. The van der Waals surface area contributed by atoms with Gasteiger partial charge in [-0.25, -0.2) is 0 Å². The van der Waals surface area contributed by atoms with Crippen molar-refractivity contribution in [2.75, 3.05) is 11.4 Å². The van der Waals surface area contributed by atoms with E-state index in [9.17, 15) is 0 Å². The summed E-state index contributed by atoms with van der Waals surface area (Å²) in [6.45, 7) is 1.14. The predicted molar refractivity (Wildman–Crippen MR) is 106 cm³/mol. The van der Waals surface area contributed by atoms with Gasteiger partial charge in [-0.2, -0.15) is 0 Å². The second-order valence-corrected chi connectivity index (χ2v) is 8.21. The Balaban J connectivity index is 1.51. The molecule has 0 amide bonds. The molecule has 132 valence electrons. The van der Waals surface area contributed by atoms with Crippen molar-refractivity contribution in [1.29, 1.82) is 0 Å². The molecule has 1 saturated heterocycles. The lowest BCUT2D eigenvalue weighted by Crippen LogP contribution is -2.57. The molecule has 2 aromatic rings. The first-order valence-corrected chi connectivity index (χ1v) is 10.2. The Kier molecular flexibility index (Phi) is 3.20. The Labute approximate surface area is 155 Å². The van der Waals surface area contributed by atoms with E-state index in [2.05, 4.69) is 64.4 Å². The van der Waals surface area contributed by atoms with Crippen LogP contribution >= 0.6 is 0 Å². The van der Waals surface area contributed by atoms with Crippen LogP contribution in [0.5, 0.6) is 0 Å². The minimum atomic E-state index is 0.430. The fourth-order valence-electron chi connectivity index (χ4n) is 5.81. The maximum Gasteiger partial charge on any atom is 0.135 e. The zero-order chi connectivity index (χ0) is 17.1. The Bertz CT molecular complexity index is 859. The molecule has 3 aliphatic heterocycles. The summed E-state index contributed by atoms with van der Waals surface area (Å²) < 4.78 is 0. The molecule has 2 fully saturated rings. The van der Waals surface area contributed by atoms with Crippen LogP contribution in [0.2, 0.25) is 0 Å². The zero-order valence-corrected chi connectivity index (χ0v) is 15.1. The Morgan fingerprint density at radius 3 is 2.58 bits per heavy atom. The molecule has 4 aliphatic rings. The molecule has 6 rings (SSSR count). The number of hydrogen-bond donors (Lipinski definition) is 0. The third-order valence-electron chi connectivity index (χ3n) is 6.91. The quantitative estimate of drug-likeness (QED) is 0.764. The Morgan fingerprint density at radius 1 is 0.846 bits per heavy atom. The average Bonchev–Trinajstić information content (AvgIpc) is 3.30. The highest BCUT2D eigenvalue weighted by atomic mass is 15.5. The van der Waals surface area contributed by atoms with Crippen molar-refractivity contribution in [3.63, 3.8) is 0 Å². The molecule has 1 aliphatic carbocycles. The van der Waals surface area contributed by atoms with Gasteiger partial charge >= 0.3 is 0 Å². The molecule has 1 saturated carbocycles. The van der Waals surface area contributed by atoms with Gasteiger partial charge in [0.15, 0.2) is 0 Å². The Morgan fingerprint density at radius 2 is 1.65 bits per heavy atom. The highest BCUT2D eigenvalue weighted by Crippen LogP contribution is 2.48. The lowest BCUT2D eigenvalue weighted by Gasteiger charge is -2.47. The van der Waals surface area contributed by atoms with Crippen molar-refractivity contribution >= 4 is 11.5 Å². The minimum Gasteiger partial charge on any atom is -0.350 e. The van der Waals surface area contributed by atoms with Gasteiger partial charge in [0.2, 0.25) is 0 Å². The van der Waals surface area contributed by atoms with Crippen molar-refractivity contribution in [2.45, 2.75) is 56.3 Å². The van der Waals surface area contributed by atoms with Crippen LogP contribution < -0.4 is 4.90 Å². The zero-order valence-electron chi connectivity index (χ0n) is 15.1. The third-order valence-corrected chi connectivity index (χ3v) is 6.91. The summed E-state index contributed by atoms with van der Waals surface area (Å²) in [5, 5.41) is 0. The van der Waals surface area contributed by atoms with E-state index in [1.807, 2.05) is 0 Å². The summed E-state index contributed by atoms with van der Waals surface area (Å²) in [7, 11) is 0. The van der Waals surface area contributed by atoms with Crippen LogP contribution in [0.1, 0.15) is 49.1 Å². The topological polar surface area (TPSA) is 18.8 Å². The van der Waals surface area contributed by atoms with Gasteiger partial charge in [-0.05, 0) is 37.0 Å². The number of rotatable bonds is 1. The van der Waals surface area contributed by atoms with Crippen LogP contribution in [0.15, 0.2) is 59.6 Å². The van der Waals surface area contributed by atoms with Crippen molar-refractivity contribution in [2.24, 2.45) is 4.99 Å². The molecule has 0 spiro atoms. The van der Waals surface area contributed by atoms with E-state index < -0.39 is 0 Å². The molecule has 4 unspecified atom stereocenters. The van der Waals surface area contributed by atoms with Crippen LogP contribution in [-0.4, -0.2) is 35.5 Å². The van der Waals surface area contributed by atoms with Crippen LogP contribution in [0.3, 0.4) is 0 Å². The molecule has 3 nitrogen and oxygen atoms in total. The smallest absolute Gasteiger partial charge is 0.135 e. The summed E-state index contributed by atoms with van der Waals surface area (Å²) >= 11 is 0. The van der Waals surface area contributed by atoms with Crippen LogP contribution in [-0.2, 0) is 0 Å².